The maximum atomic E-state index is 12.8. The standard InChI is InChI=1S/C20H26N2O2S/c1-20(2,3)16-8-10-17(11-9-16)25(23,24)21-19-7-5-6-15-14-22(4)13-12-18(15)19/h5-11,21H,12-14H2,1-4H3. The summed E-state index contributed by atoms with van der Waals surface area (Å²) in [7, 11) is -1.51. The number of likely N-dealkylation sites (N-methyl/N-ethyl adjacent to an activating group) is 1. The van der Waals surface area contributed by atoms with Gasteiger partial charge in [-0.1, -0.05) is 45.0 Å². The lowest BCUT2D eigenvalue weighted by Crippen LogP contribution is -2.27. The van der Waals surface area contributed by atoms with Crippen LogP contribution in [0.15, 0.2) is 47.4 Å². The average Bonchev–Trinajstić information content (AvgIpc) is 2.54. The highest BCUT2D eigenvalue weighted by molar-refractivity contribution is 7.92. The van der Waals surface area contributed by atoms with Gasteiger partial charge in [0.15, 0.2) is 0 Å². The topological polar surface area (TPSA) is 49.4 Å². The molecule has 2 aromatic rings. The third-order valence-electron chi connectivity index (χ3n) is 4.73. The number of sulfonamides is 1. The fourth-order valence-corrected chi connectivity index (χ4v) is 4.28. The molecule has 0 unspecified atom stereocenters. The molecule has 2 aromatic carbocycles. The summed E-state index contributed by atoms with van der Waals surface area (Å²) >= 11 is 0. The molecule has 1 heterocycles. The van der Waals surface area contributed by atoms with Crippen molar-refractivity contribution >= 4 is 15.7 Å². The molecular weight excluding hydrogens is 332 g/mol. The highest BCUT2D eigenvalue weighted by Crippen LogP contribution is 2.28. The minimum atomic E-state index is -3.59. The Bertz CT molecular complexity index is 866. The molecule has 0 amide bonds. The summed E-state index contributed by atoms with van der Waals surface area (Å²) in [5, 5.41) is 0. The first-order chi connectivity index (χ1) is 11.7. The van der Waals surface area contributed by atoms with Crippen molar-refractivity contribution in [2.45, 2.75) is 44.0 Å². The zero-order chi connectivity index (χ0) is 18.2. The molecule has 134 valence electrons. The van der Waals surface area contributed by atoms with Crippen LogP contribution in [0.3, 0.4) is 0 Å². The fraction of sp³-hybridized carbons (Fsp3) is 0.400. The second kappa shape index (κ2) is 6.46. The van der Waals surface area contributed by atoms with Crippen LogP contribution in [0.2, 0.25) is 0 Å². The molecule has 0 fully saturated rings. The fourth-order valence-electron chi connectivity index (χ4n) is 3.18. The molecule has 0 aliphatic carbocycles. The highest BCUT2D eigenvalue weighted by atomic mass is 32.2. The number of nitrogens with one attached hydrogen (secondary N) is 1. The molecule has 1 aliphatic heterocycles. The first-order valence-corrected chi connectivity index (χ1v) is 10.1. The molecule has 0 atom stereocenters. The van der Waals surface area contributed by atoms with Crippen molar-refractivity contribution in [3.63, 3.8) is 0 Å². The highest BCUT2D eigenvalue weighted by Gasteiger charge is 2.21. The van der Waals surface area contributed by atoms with E-state index >= 15 is 0 Å². The summed E-state index contributed by atoms with van der Waals surface area (Å²) in [4.78, 5) is 2.54. The molecular formula is C20H26N2O2S. The average molecular weight is 359 g/mol. The van der Waals surface area contributed by atoms with Crippen molar-refractivity contribution < 1.29 is 8.42 Å². The number of hydrogen-bond acceptors (Lipinski definition) is 3. The summed E-state index contributed by atoms with van der Waals surface area (Å²) in [5.41, 5.74) is 4.12. The van der Waals surface area contributed by atoms with Crippen LogP contribution in [0.1, 0.15) is 37.5 Å². The maximum Gasteiger partial charge on any atom is 0.261 e. The summed E-state index contributed by atoms with van der Waals surface area (Å²) in [6, 6.07) is 13.0. The molecule has 4 nitrogen and oxygen atoms in total. The van der Waals surface area contributed by atoms with Crippen molar-refractivity contribution in [3.05, 3.63) is 59.2 Å². The van der Waals surface area contributed by atoms with Crippen molar-refractivity contribution in [3.8, 4) is 0 Å². The number of rotatable bonds is 3. The van der Waals surface area contributed by atoms with E-state index in [1.54, 1.807) is 12.1 Å². The zero-order valence-electron chi connectivity index (χ0n) is 15.3. The van der Waals surface area contributed by atoms with E-state index in [1.807, 2.05) is 24.3 Å². The van der Waals surface area contributed by atoms with Gasteiger partial charge in [-0.05, 0) is 53.8 Å². The number of anilines is 1. The largest absolute Gasteiger partial charge is 0.302 e. The SMILES string of the molecule is CN1CCc2c(cccc2NS(=O)(=O)c2ccc(C(C)(C)C)cc2)C1. The van der Waals surface area contributed by atoms with Gasteiger partial charge in [0, 0.05) is 13.1 Å². The Labute approximate surface area is 150 Å². The van der Waals surface area contributed by atoms with E-state index in [1.165, 1.54) is 5.56 Å². The van der Waals surface area contributed by atoms with Crippen molar-refractivity contribution in [2.75, 3.05) is 18.3 Å². The monoisotopic (exact) mass is 358 g/mol. The third-order valence-corrected chi connectivity index (χ3v) is 6.11. The molecule has 5 heteroatoms. The first kappa shape index (κ1) is 18.0. The predicted octanol–water partition coefficient (Wildman–Crippen LogP) is 3.77. The molecule has 25 heavy (non-hydrogen) atoms. The van der Waals surface area contributed by atoms with Crippen LogP contribution in [-0.4, -0.2) is 26.9 Å². The summed E-state index contributed by atoms with van der Waals surface area (Å²) in [6.07, 6.45) is 0.855. The molecule has 3 rings (SSSR count). The normalized spacial score (nSPS) is 15.7. The molecule has 1 N–H and O–H groups in total. The Balaban J connectivity index is 1.89. The second-order valence-electron chi connectivity index (χ2n) is 7.81. The Morgan fingerprint density at radius 1 is 1.04 bits per heavy atom. The van der Waals surface area contributed by atoms with Gasteiger partial charge in [-0.15, -0.1) is 0 Å². The van der Waals surface area contributed by atoms with E-state index in [-0.39, 0.29) is 5.41 Å². The second-order valence-corrected chi connectivity index (χ2v) is 9.49. The first-order valence-electron chi connectivity index (χ1n) is 8.59. The minimum absolute atomic E-state index is 0.000248. The van der Waals surface area contributed by atoms with Crippen LogP contribution >= 0.6 is 0 Å². The molecule has 0 bridgehead atoms. The molecule has 1 aliphatic rings. The van der Waals surface area contributed by atoms with Crippen LogP contribution in [-0.2, 0) is 28.4 Å². The number of hydrogen-bond donors (Lipinski definition) is 1. The quantitative estimate of drug-likeness (QED) is 0.908. The van der Waals surface area contributed by atoms with Crippen LogP contribution in [0.4, 0.5) is 5.69 Å². The van der Waals surface area contributed by atoms with Crippen LogP contribution in [0.5, 0.6) is 0 Å². The van der Waals surface area contributed by atoms with Gasteiger partial charge in [0.25, 0.3) is 10.0 Å². The molecule has 0 aromatic heterocycles. The van der Waals surface area contributed by atoms with Gasteiger partial charge < -0.3 is 4.90 Å². The van der Waals surface area contributed by atoms with E-state index in [4.69, 9.17) is 0 Å². The number of nitrogens with zero attached hydrogens (tertiary/aromatic N) is 1. The summed E-state index contributed by atoms with van der Waals surface area (Å²) < 4.78 is 28.4. The van der Waals surface area contributed by atoms with E-state index < -0.39 is 10.0 Å². The molecule has 0 spiro atoms. The Kier molecular flexibility index (Phi) is 4.64. The Morgan fingerprint density at radius 3 is 2.36 bits per heavy atom. The van der Waals surface area contributed by atoms with E-state index in [0.29, 0.717) is 10.6 Å². The smallest absolute Gasteiger partial charge is 0.261 e. The van der Waals surface area contributed by atoms with Gasteiger partial charge in [-0.25, -0.2) is 8.42 Å². The summed E-state index contributed by atoms with van der Waals surface area (Å²) in [5.74, 6) is 0. The van der Waals surface area contributed by atoms with Crippen molar-refractivity contribution in [2.24, 2.45) is 0 Å². The minimum Gasteiger partial charge on any atom is -0.302 e. The van der Waals surface area contributed by atoms with Gasteiger partial charge in [0.05, 0.1) is 10.6 Å². The van der Waals surface area contributed by atoms with Crippen LogP contribution in [0.25, 0.3) is 0 Å². The zero-order valence-corrected chi connectivity index (χ0v) is 16.2. The predicted molar refractivity (Wildman–Crippen MR) is 102 cm³/mol. The van der Waals surface area contributed by atoms with Gasteiger partial charge in [0.1, 0.15) is 0 Å². The number of fused-ring (bicyclic) bond motifs is 1. The van der Waals surface area contributed by atoms with Crippen LogP contribution < -0.4 is 4.72 Å². The van der Waals surface area contributed by atoms with Crippen molar-refractivity contribution in [1.82, 2.24) is 4.90 Å². The lowest BCUT2D eigenvalue weighted by molar-refractivity contribution is 0.313. The lowest BCUT2D eigenvalue weighted by atomic mass is 9.87. The van der Waals surface area contributed by atoms with E-state index in [9.17, 15) is 8.42 Å². The maximum absolute atomic E-state index is 12.8. The van der Waals surface area contributed by atoms with Gasteiger partial charge in [-0.2, -0.15) is 0 Å². The van der Waals surface area contributed by atoms with Gasteiger partial charge >= 0.3 is 0 Å². The lowest BCUT2D eigenvalue weighted by Gasteiger charge is -2.27. The third kappa shape index (κ3) is 3.88. The molecule has 0 saturated carbocycles. The molecule has 0 saturated heterocycles. The van der Waals surface area contributed by atoms with Crippen molar-refractivity contribution in [1.29, 1.82) is 0 Å². The number of benzene rings is 2. The van der Waals surface area contributed by atoms with Crippen LogP contribution in [0, 0.1) is 0 Å². The Hall–Kier alpha value is -1.85. The van der Waals surface area contributed by atoms with E-state index in [2.05, 4.69) is 43.5 Å². The van der Waals surface area contributed by atoms with E-state index in [0.717, 1.165) is 30.6 Å². The molecule has 0 radical (unpaired) electrons. The Morgan fingerprint density at radius 2 is 1.72 bits per heavy atom. The summed E-state index contributed by atoms with van der Waals surface area (Å²) in [6.45, 7) is 8.13. The van der Waals surface area contributed by atoms with Gasteiger partial charge in [0.2, 0.25) is 0 Å². The van der Waals surface area contributed by atoms with Gasteiger partial charge in [-0.3, -0.25) is 4.72 Å².